The fraction of sp³-hybridized carbons (Fsp3) is 0.0714. The van der Waals surface area contributed by atoms with Gasteiger partial charge in [0, 0.05) is 15.8 Å². The number of hydrogen-bond donors (Lipinski definition) is 2. The van der Waals surface area contributed by atoms with Gasteiger partial charge in [-0.1, -0.05) is 23.7 Å². The zero-order chi connectivity index (χ0) is 14.0. The number of nitrogens with two attached hydrogens (primary N) is 1. The molecule has 2 aromatic carbocycles. The zero-order valence-corrected chi connectivity index (χ0v) is 12.5. The van der Waals surface area contributed by atoms with E-state index in [2.05, 4.69) is 21.2 Å². The van der Waals surface area contributed by atoms with Crippen LogP contribution in [0.25, 0.3) is 0 Å². The number of nitrogens with one attached hydrogen (secondary N) is 1. The van der Waals surface area contributed by atoms with Gasteiger partial charge in [0.15, 0.2) is 0 Å². The monoisotopic (exact) mass is 338 g/mol. The van der Waals surface area contributed by atoms with Gasteiger partial charge in [-0.2, -0.15) is 0 Å². The van der Waals surface area contributed by atoms with E-state index in [1.165, 1.54) is 0 Å². The average molecular weight is 340 g/mol. The highest BCUT2D eigenvalue weighted by Gasteiger charge is 2.11. The highest BCUT2D eigenvalue weighted by molar-refractivity contribution is 9.10. The molecule has 98 valence electrons. The van der Waals surface area contributed by atoms with Gasteiger partial charge in [0.05, 0.1) is 10.6 Å². The largest absolute Gasteiger partial charge is 0.398 e. The molecule has 0 saturated heterocycles. The molecule has 3 nitrogen and oxygen atoms in total. The summed E-state index contributed by atoms with van der Waals surface area (Å²) in [5.74, 6) is -0.240. The van der Waals surface area contributed by atoms with Crippen molar-refractivity contribution in [3.63, 3.8) is 0 Å². The standard InChI is InChI=1S/C14H12BrClN2O/c1-8-3-2-4-10(13(8)17)14(19)18-9-5-6-12(16)11(15)7-9/h2-7H,17H2,1H3,(H,18,19). The molecular formula is C14H12BrClN2O. The molecule has 0 aliphatic rings. The van der Waals surface area contributed by atoms with Crippen LogP contribution < -0.4 is 11.1 Å². The third-order valence-electron chi connectivity index (χ3n) is 2.75. The minimum atomic E-state index is -0.240. The minimum Gasteiger partial charge on any atom is -0.398 e. The van der Waals surface area contributed by atoms with Gasteiger partial charge >= 0.3 is 0 Å². The van der Waals surface area contributed by atoms with Gasteiger partial charge in [0.25, 0.3) is 5.91 Å². The second-order valence-corrected chi connectivity index (χ2v) is 5.38. The molecule has 0 atom stereocenters. The fourth-order valence-corrected chi connectivity index (χ4v) is 2.15. The summed E-state index contributed by atoms with van der Waals surface area (Å²) >= 11 is 9.21. The van der Waals surface area contributed by atoms with Crippen molar-refractivity contribution in [1.82, 2.24) is 0 Å². The van der Waals surface area contributed by atoms with Gasteiger partial charge in [-0.25, -0.2) is 0 Å². The number of carbonyl (C=O) groups excluding carboxylic acids is 1. The molecular weight excluding hydrogens is 328 g/mol. The summed E-state index contributed by atoms with van der Waals surface area (Å²) in [6.45, 7) is 1.87. The molecule has 0 unspecified atom stereocenters. The lowest BCUT2D eigenvalue weighted by Crippen LogP contribution is -2.14. The highest BCUT2D eigenvalue weighted by Crippen LogP contribution is 2.26. The number of benzene rings is 2. The van der Waals surface area contributed by atoms with Crippen LogP contribution in [0.3, 0.4) is 0 Å². The predicted molar refractivity (Wildman–Crippen MR) is 82.7 cm³/mol. The van der Waals surface area contributed by atoms with Gasteiger partial charge in [-0.05, 0) is 52.7 Å². The number of halogens is 2. The lowest BCUT2D eigenvalue weighted by Gasteiger charge is -2.09. The van der Waals surface area contributed by atoms with E-state index in [9.17, 15) is 4.79 Å². The number of para-hydroxylation sites is 1. The molecule has 0 saturated carbocycles. The molecule has 0 aliphatic carbocycles. The van der Waals surface area contributed by atoms with E-state index in [0.717, 1.165) is 10.0 Å². The van der Waals surface area contributed by atoms with Crippen LogP contribution in [-0.2, 0) is 0 Å². The van der Waals surface area contributed by atoms with Crippen LogP contribution in [0.4, 0.5) is 11.4 Å². The molecule has 0 spiro atoms. The molecule has 0 aromatic heterocycles. The molecule has 19 heavy (non-hydrogen) atoms. The number of nitrogen functional groups attached to an aromatic ring is 1. The molecule has 0 radical (unpaired) electrons. The summed E-state index contributed by atoms with van der Waals surface area (Å²) < 4.78 is 0.726. The quantitative estimate of drug-likeness (QED) is 0.804. The number of aryl methyl sites for hydroxylation is 1. The van der Waals surface area contributed by atoms with Crippen LogP contribution in [0.2, 0.25) is 5.02 Å². The summed E-state index contributed by atoms with van der Waals surface area (Å²) in [5, 5.41) is 3.38. The van der Waals surface area contributed by atoms with Crippen molar-refractivity contribution >= 4 is 44.8 Å². The summed E-state index contributed by atoms with van der Waals surface area (Å²) in [4.78, 5) is 12.1. The van der Waals surface area contributed by atoms with Crippen molar-refractivity contribution in [3.8, 4) is 0 Å². The van der Waals surface area contributed by atoms with E-state index in [1.54, 1.807) is 30.3 Å². The van der Waals surface area contributed by atoms with E-state index >= 15 is 0 Å². The molecule has 2 rings (SSSR count). The summed E-state index contributed by atoms with van der Waals surface area (Å²) in [5.41, 5.74) is 8.39. The topological polar surface area (TPSA) is 55.1 Å². The maximum absolute atomic E-state index is 12.1. The van der Waals surface area contributed by atoms with Gasteiger partial charge in [0.2, 0.25) is 0 Å². The lowest BCUT2D eigenvalue weighted by atomic mass is 10.1. The number of amides is 1. The van der Waals surface area contributed by atoms with E-state index in [0.29, 0.717) is 22.0 Å². The Bertz CT molecular complexity index is 643. The smallest absolute Gasteiger partial charge is 0.257 e. The summed E-state index contributed by atoms with van der Waals surface area (Å²) in [6.07, 6.45) is 0. The first-order chi connectivity index (χ1) is 8.99. The Morgan fingerprint density at radius 2 is 2.05 bits per heavy atom. The van der Waals surface area contributed by atoms with E-state index in [4.69, 9.17) is 17.3 Å². The van der Waals surface area contributed by atoms with Crippen LogP contribution in [0.15, 0.2) is 40.9 Å². The second kappa shape index (κ2) is 5.63. The molecule has 1 amide bonds. The average Bonchev–Trinajstić information content (AvgIpc) is 2.37. The number of carbonyl (C=O) groups is 1. The maximum Gasteiger partial charge on any atom is 0.257 e. The molecule has 2 aromatic rings. The summed E-state index contributed by atoms with van der Waals surface area (Å²) in [6, 6.07) is 10.6. The van der Waals surface area contributed by atoms with Crippen molar-refractivity contribution in [2.45, 2.75) is 6.92 Å². The number of anilines is 2. The molecule has 3 N–H and O–H groups in total. The molecule has 0 heterocycles. The van der Waals surface area contributed by atoms with Crippen molar-refractivity contribution < 1.29 is 4.79 Å². The third-order valence-corrected chi connectivity index (χ3v) is 3.96. The van der Waals surface area contributed by atoms with Gasteiger partial charge in [-0.3, -0.25) is 4.79 Å². The minimum absolute atomic E-state index is 0.240. The van der Waals surface area contributed by atoms with Crippen LogP contribution in [0, 0.1) is 6.92 Å². The second-order valence-electron chi connectivity index (χ2n) is 4.12. The number of rotatable bonds is 2. The van der Waals surface area contributed by atoms with Gasteiger partial charge in [-0.15, -0.1) is 0 Å². The van der Waals surface area contributed by atoms with Gasteiger partial charge < -0.3 is 11.1 Å². The molecule has 0 aliphatic heterocycles. The van der Waals surface area contributed by atoms with E-state index in [1.807, 2.05) is 13.0 Å². The Kier molecular flexibility index (Phi) is 4.12. The molecule has 5 heteroatoms. The Morgan fingerprint density at radius 1 is 1.32 bits per heavy atom. The third kappa shape index (κ3) is 3.08. The first-order valence-corrected chi connectivity index (χ1v) is 6.77. The maximum atomic E-state index is 12.1. The first kappa shape index (κ1) is 13.9. The van der Waals surface area contributed by atoms with Gasteiger partial charge in [0.1, 0.15) is 0 Å². The van der Waals surface area contributed by atoms with Crippen molar-refractivity contribution in [2.24, 2.45) is 0 Å². The van der Waals surface area contributed by atoms with Crippen LogP contribution >= 0.6 is 27.5 Å². The molecule has 0 bridgehead atoms. The van der Waals surface area contributed by atoms with Crippen molar-refractivity contribution in [3.05, 3.63) is 57.0 Å². The predicted octanol–water partition coefficient (Wildman–Crippen LogP) is 4.25. The molecule has 0 fully saturated rings. The SMILES string of the molecule is Cc1cccc(C(=O)Nc2ccc(Cl)c(Br)c2)c1N. The summed E-state index contributed by atoms with van der Waals surface area (Å²) in [7, 11) is 0. The van der Waals surface area contributed by atoms with Crippen molar-refractivity contribution in [2.75, 3.05) is 11.1 Å². The van der Waals surface area contributed by atoms with E-state index < -0.39 is 0 Å². The highest BCUT2D eigenvalue weighted by atomic mass is 79.9. The zero-order valence-electron chi connectivity index (χ0n) is 10.2. The first-order valence-electron chi connectivity index (χ1n) is 5.60. The van der Waals surface area contributed by atoms with Crippen LogP contribution in [-0.4, -0.2) is 5.91 Å². The van der Waals surface area contributed by atoms with Crippen LogP contribution in [0.1, 0.15) is 15.9 Å². The Balaban J connectivity index is 2.26. The number of hydrogen-bond acceptors (Lipinski definition) is 2. The normalized spacial score (nSPS) is 10.3. The Morgan fingerprint density at radius 3 is 2.74 bits per heavy atom. The fourth-order valence-electron chi connectivity index (χ4n) is 1.65. The van der Waals surface area contributed by atoms with Crippen molar-refractivity contribution in [1.29, 1.82) is 0 Å². The van der Waals surface area contributed by atoms with E-state index in [-0.39, 0.29) is 5.91 Å². The Hall–Kier alpha value is -1.52. The Labute approximate surface area is 124 Å². The lowest BCUT2D eigenvalue weighted by molar-refractivity contribution is 0.102. The van der Waals surface area contributed by atoms with Crippen LogP contribution in [0.5, 0.6) is 0 Å².